The maximum absolute atomic E-state index is 10.9. The SMILES string of the molecule is Nc1c(-c2cc(Cc3ccc(OCC(c4ccccc4)c4ccccc4)nc3)no2)ccc[n+]1COP(=O)([O-])O. The molecule has 5 aromatic rings. The van der Waals surface area contributed by atoms with Crippen LogP contribution in [0.3, 0.4) is 0 Å². The molecule has 40 heavy (non-hydrogen) atoms. The second kappa shape index (κ2) is 12.2. The van der Waals surface area contributed by atoms with E-state index in [2.05, 4.69) is 38.9 Å². The number of anilines is 1. The van der Waals surface area contributed by atoms with Crippen LogP contribution in [0.4, 0.5) is 5.82 Å². The summed E-state index contributed by atoms with van der Waals surface area (Å²) in [6.07, 6.45) is 3.72. The smallest absolute Gasteiger partial charge is 0.285 e. The molecule has 1 atom stereocenters. The highest BCUT2D eigenvalue weighted by molar-refractivity contribution is 7.44. The first-order valence-electron chi connectivity index (χ1n) is 12.5. The molecule has 11 heteroatoms. The molecule has 1 unspecified atom stereocenters. The average Bonchev–Trinajstić information content (AvgIpc) is 3.42. The number of hydrogen-bond acceptors (Lipinski definition) is 8. The Morgan fingerprint density at radius 2 is 1.70 bits per heavy atom. The number of phosphoric ester groups is 1. The first-order chi connectivity index (χ1) is 19.4. The lowest BCUT2D eigenvalue weighted by Crippen LogP contribution is -2.38. The fourth-order valence-corrected chi connectivity index (χ4v) is 4.55. The van der Waals surface area contributed by atoms with Gasteiger partial charge in [-0.2, -0.15) is 0 Å². The monoisotopic (exact) mass is 558 g/mol. The normalized spacial score (nSPS) is 12.8. The van der Waals surface area contributed by atoms with Gasteiger partial charge in [-0.25, -0.2) is 9.55 Å². The van der Waals surface area contributed by atoms with Gasteiger partial charge in [0.15, 0.2) is 12.5 Å². The molecule has 3 heterocycles. The van der Waals surface area contributed by atoms with E-state index >= 15 is 0 Å². The van der Waals surface area contributed by atoms with Gasteiger partial charge >= 0.3 is 0 Å². The van der Waals surface area contributed by atoms with Crippen LogP contribution in [-0.4, -0.2) is 21.6 Å². The number of nitrogens with two attached hydrogens (primary N) is 1. The van der Waals surface area contributed by atoms with Gasteiger partial charge < -0.3 is 19.0 Å². The minimum Gasteiger partial charge on any atom is -0.756 e. The van der Waals surface area contributed by atoms with Gasteiger partial charge in [-0.15, -0.1) is 0 Å². The van der Waals surface area contributed by atoms with Crippen molar-refractivity contribution in [2.45, 2.75) is 19.1 Å². The van der Waals surface area contributed by atoms with Gasteiger partial charge in [-0.1, -0.05) is 71.9 Å². The summed E-state index contributed by atoms with van der Waals surface area (Å²) in [4.78, 5) is 24.2. The third kappa shape index (κ3) is 6.99. The fraction of sp³-hybridized carbons (Fsp3) is 0.138. The lowest BCUT2D eigenvalue weighted by atomic mass is 9.92. The van der Waals surface area contributed by atoms with E-state index in [1.165, 1.54) is 21.9 Å². The first kappa shape index (κ1) is 27.2. The van der Waals surface area contributed by atoms with Crippen LogP contribution >= 0.6 is 7.82 Å². The minimum absolute atomic E-state index is 0.0709. The van der Waals surface area contributed by atoms with Crippen molar-refractivity contribution in [3.63, 3.8) is 0 Å². The second-order valence-electron chi connectivity index (χ2n) is 9.05. The number of hydrogen-bond donors (Lipinski definition) is 2. The number of aromatic nitrogens is 3. The maximum atomic E-state index is 10.9. The van der Waals surface area contributed by atoms with Crippen LogP contribution < -0.4 is 19.9 Å². The van der Waals surface area contributed by atoms with Crippen molar-refractivity contribution in [3.8, 4) is 17.2 Å². The van der Waals surface area contributed by atoms with Crippen molar-refractivity contribution in [1.82, 2.24) is 10.1 Å². The van der Waals surface area contributed by atoms with Crippen LogP contribution in [0.25, 0.3) is 11.3 Å². The molecule has 5 rings (SSSR count). The number of pyridine rings is 2. The van der Waals surface area contributed by atoms with E-state index < -0.39 is 14.6 Å². The molecule has 0 bridgehead atoms. The van der Waals surface area contributed by atoms with Gasteiger partial charge in [0.05, 0.1) is 11.9 Å². The Kier molecular flexibility index (Phi) is 8.33. The quantitative estimate of drug-likeness (QED) is 0.182. The Balaban J connectivity index is 1.23. The van der Waals surface area contributed by atoms with Crippen LogP contribution in [0.1, 0.15) is 28.3 Å². The van der Waals surface area contributed by atoms with Crippen LogP contribution in [0.15, 0.2) is 108 Å². The van der Waals surface area contributed by atoms with Gasteiger partial charge in [-0.05, 0) is 28.8 Å². The van der Waals surface area contributed by atoms with E-state index in [1.54, 1.807) is 24.4 Å². The zero-order valence-electron chi connectivity index (χ0n) is 21.4. The van der Waals surface area contributed by atoms with Crippen molar-refractivity contribution in [1.29, 1.82) is 0 Å². The molecule has 204 valence electrons. The summed E-state index contributed by atoms with van der Waals surface area (Å²) in [7, 11) is -4.89. The van der Waals surface area contributed by atoms with Gasteiger partial charge in [0.25, 0.3) is 13.6 Å². The molecule has 3 aromatic heterocycles. The number of phosphoric acid groups is 1. The Morgan fingerprint density at radius 1 is 1.00 bits per heavy atom. The second-order valence-corrected chi connectivity index (χ2v) is 10.2. The van der Waals surface area contributed by atoms with Crippen molar-refractivity contribution in [2.24, 2.45) is 0 Å². The number of ether oxygens (including phenoxy) is 1. The maximum Gasteiger partial charge on any atom is 0.285 e. The number of nitrogens with zero attached hydrogens (tertiary/aromatic N) is 3. The summed E-state index contributed by atoms with van der Waals surface area (Å²) in [5.41, 5.74) is 10.5. The van der Waals surface area contributed by atoms with E-state index in [-0.39, 0.29) is 11.7 Å². The summed E-state index contributed by atoms with van der Waals surface area (Å²) in [5.74, 6) is 1.18. The van der Waals surface area contributed by atoms with Crippen LogP contribution in [0.5, 0.6) is 5.88 Å². The van der Waals surface area contributed by atoms with Gasteiger partial charge in [0.1, 0.15) is 12.2 Å². The average molecular weight is 559 g/mol. The van der Waals surface area contributed by atoms with Crippen LogP contribution in [0, 0.1) is 0 Å². The highest BCUT2D eigenvalue weighted by atomic mass is 31.2. The molecule has 0 aliphatic carbocycles. The summed E-state index contributed by atoms with van der Waals surface area (Å²) in [5, 5.41) is 4.13. The molecular formula is C29H27N4O6P. The molecule has 0 aliphatic rings. The molecule has 0 fully saturated rings. The van der Waals surface area contributed by atoms with Crippen molar-refractivity contribution in [2.75, 3.05) is 12.3 Å². The molecular weight excluding hydrogens is 531 g/mol. The van der Waals surface area contributed by atoms with Gasteiger partial charge in [0, 0.05) is 30.7 Å². The van der Waals surface area contributed by atoms with Crippen LogP contribution in [0.2, 0.25) is 0 Å². The zero-order chi connectivity index (χ0) is 28.0. The Bertz CT molecular complexity index is 1550. The summed E-state index contributed by atoms with van der Waals surface area (Å²) in [6, 6.07) is 29.3. The highest BCUT2D eigenvalue weighted by Gasteiger charge is 2.19. The summed E-state index contributed by atoms with van der Waals surface area (Å²) < 4.78 is 28.2. The minimum atomic E-state index is -4.89. The molecule has 0 saturated carbocycles. The Hall–Kier alpha value is -4.34. The predicted octanol–water partition coefficient (Wildman–Crippen LogP) is 3.84. The van der Waals surface area contributed by atoms with Crippen molar-refractivity contribution < 1.29 is 32.7 Å². The lowest BCUT2D eigenvalue weighted by Gasteiger charge is -2.18. The van der Waals surface area contributed by atoms with Gasteiger partial charge in [0.2, 0.25) is 5.88 Å². The van der Waals surface area contributed by atoms with E-state index in [4.69, 9.17) is 19.9 Å². The number of rotatable bonds is 11. The van der Waals surface area contributed by atoms with Crippen LogP contribution in [-0.2, 0) is 22.2 Å². The molecule has 10 nitrogen and oxygen atoms in total. The summed E-state index contributed by atoms with van der Waals surface area (Å²) in [6.45, 7) is -0.0310. The van der Waals surface area contributed by atoms with Gasteiger partial charge in [-0.3, -0.25) is 14.8 Å². The molecule has 0 saturated heterocycles. The first-order valence-corrected chi connectivity index (χ1v) is 13.9. The van der Waals surface area contributed by atoms with E-state index in [0.29, 0.717) is 35.9 Å². The number of benzene rings is 2. The van der Waals surface area contributed by atoms with E-state index in [1.807, 2.05) is 48.5 Å². The lowest BCUT2D eigenvalue weighted by molar-refractivity contribution is -0.712. The highest BCUT2D eigenvalue weighted by Crippen LogP contribution is 2.31. The Labute approximate surface area is 230 Å². The number of nitrogen functional groups attached to an aromatic ring is 1. The molecule has 0 amide bonds. The molecule has 0 aliphatic heterocycles. The summed E-state index contributed by atoms with van der Waals surface area (Å²) >= 11 is 0. The zero-order valence-corrected chi connectivity index (χ0v) is 22.3. The molecule has 3 N–H and O–H groups in total. The molecule has 0 spiro atoms. The third-order valence-electron chi connectivity index (χ3n) is 6.28. The van der Waals surface area contributed by atoms with E-state index in [9.17, 15) is 9.46 Å². The third-order valence-corrected chi connectivity index (χ3v) is 6.73. The molecule has 0 radical (unpaired) electrons. The topological polar surface area (TPSA) is 148 Å². The van der Waals surface area contributed by atoms with E-state index in [0.717, 1.165) is 5.56 Å². The molecule has 2 aromatic carbocycles. The van der Waals surface area contributed by atoms with Crippen molar-refractivity contribution >= 4 is 13.6 Å². The fourth-order valence-electron chi connectivity index (χ4n) is 4.28. The van der Waals surface area contributed by atoms with Crippen molar-refractivity contribution in [3.05, 3.63) is 126 Å². The largest absolute Gasteiger partial charge is 0.756 e. The predicted molar refractivity (Wildman–Crippen MR) is 145 cm³/mol. The Morgan fingerprint density at radius 3 is 2.33 bits per heavy atom. The standard InChI is InChI=1S/C29H27N4O6P/c30-29-25(12-7-15-33(29)20-38-40(34,35)36)27-17-24(32-39-27)16-21-13-14-28(31-18-21)37-19-26(22-8-3-1-4-9-22)23-10-5-2-6-11-23/h1-15,17-18,26,30H,16,19-20H2,(H2,34,35,36).